The van der Waals surface area contributed by atoms with Crippen molar-refractivity contribution >= 4 is 5.91 Å². The van der Waals surface area contributed by atoms with Crippen molar-refractivity contribution in [3.8, 4) is 0 Å². The van der Waals surface area contributed by atoms with Crippen LogP contribution >= 0.6 is 0 Å². The van der Waals surface area contributed by atoms with E-state index in [0.29, 0.717) is 31.2 Å². The number of likely N-dealkylation sites (N-methyl/N-ethyl adjacent to an activating group) is 1. The third-order valence-electron chi connectivity index (χ3n) is 5.76. The van der Waals surface area contributed by atoms with E-state index in [1.807, 2.05) is 23.1 Å². The molecule has 1 aromatic rings. The van der Waals surface area contributed by atoms with E-state index in [4.69, 9.17) is 0 Å². The largest absolute Gasteiger partial charge is 0.338 e. The molecule has 2 aliphatic heterocycles. The molecule has 2 saturated heterocycles. The van der Waals surface area contributed by atoms with Crippen LogP contribution in [0.3, 0.4) is 0 Å². The van der Waals surface area contributed by atoms with Gasteiger partial charge in [0.2, 0.25) is 5.91 Å². The van der Waals surface area contributed by atoms with Crippen molar-refractivity contribution in [2.75, 3.05) is 19.6 Å². The number of nitrogens with one attached hydrogen (secondary N) is 1. The van der Waals surface area contributed by atoms with Crippen LogP contribution in [-0.4, -0.2) is 53.5 Å². The molecule has 0 aliphatic carbocycles. The number of amides is 1. The SMILES string of the molecule is CCCN(CC(=O)N(CC)Cc1ccccc1)C1CC2CCC(C1)N2. The molecule has 0 aromatic heterocycles. The summed E-state index contributed by atoms with van der Waals surface area (Å²) in [5.41, 5.74) is 1.21. The highest BCUT2D eigenvalue weighted by Gasteiger charge is 2.36. The van der Waals surface area contributed by atoms with Gasteiger partial charge in [0.15, 0.2) is 0 Å². The van der Waals surface area contributed by atoms with Gasteiger partial charge < -0.3 is 10.2 Å². The van der Waals surface area contributed by atoms with Crippen LogP contribution in [0.4, 0.5) is 0 Å². The third kappa shape index (κ3) is 4.83. The second kappa shape index (κ2) is 8.81. The smallest absolute Gasteiger partial charge is 0.237 e. The van der Waals surface area contributed by atoms with Crippen LogP contribution in [0.2, 0.25) is 0 Å². The normalized spacial score (nSPS) is 25.3. The van der Waals surface area contributed by atoms with Gasteiger partial charge in [0.05, 0.1) is 6.54 Å². The first-order chi connectivity index (χ1) is 12.2. The summed E-state index contributed by atoms with van der Waals surface area (Å²) < 4.78 is 0. The number of hydrogen-bond donors (Lipinski definition) is 1. The van der Waals surface area contributed by atoms with Gasteiger partial charge in [-0.05, 0) is 51.1 Å². The minimum atomic E-state index is 0.269. The Morgan fingerprint density at radius 1 is 1.12 bits per heavy atom. The molecule has 2 unspecified atom stereocenters. The number of benzene rings is 1. The molecule has 4 nitrogen and oxygen atoms in total. The minimum Gasteiger partial charge on any atom is -0.338 e. The molecule has 2 bridgehead atoms. The Morgan fingerprint density at radius 2 is 1.80 bits per heavy atom. The Bertz CT molecular complexity index is 535. The average molecular weight is 344 g/mol. The first kappa shape index (κ1) is 18.4. The van der Waals surface area contributed by atoms with Crippen molar-refractivity contribution in [1.82, 2.24) is 15.1 Å². The molecular weight excluding hydrogens is 310 g/mol. The van der Waals surface area contributed by atoms with Crippen LogP contribution in [0.15, 0.2) is 30.3 Å². The van der Waals surface area contributed by atoms with Crippen molar-refractivity contribution in [2.45, 2.75) is 70.6 Å². The van der Waals surface area contributed by atoms with Gasteiger partial charge in [-0.25, -0.2) is 0 Å². The van der Waals surface area contributed by atoms with E-state index < -0.39 is 0 Å². The third-order valence-corrected chi connectivity index (χ3v) is 5.76. The summed E-state index contributed by atoms with van der Waals surface area (Å²) in [5.74, 6) is 0.269. The van der Waals surface area contributed by atoms with E-state index in [1.54, 1.807) is 0 Å². The van der Waals surface area contributed by atoms with E-state index in [2.05, 4.69) is 36.2 Å². The molecule has 138 valence electrons. The minimum absolute atomic E-state index is 0.269. The van der Waals surface area contributed by atoms with Gasteiger partial charge >= 0.3 is 0 Å². The summed E-state index contributed by atoms with van der Waals surface area (Å²) in [4.78, 5) is 17.4. The lowest BCUT2D eigenvalue weighted by atomic mass is 9.98. The molecular formula is C21H33N3O. The predicted molar refractivity (Wildman–Crippen MR) is 102 cm³/mol. The highest BCUT2D eigenvalue weighted by atomic mass is 16.2. The number of hydrogen-bond acceptors (Lipinski definition) is 3. The topological polar surface area (TPSA) is 35.6 Å². The monoisotopic (exact) mass is 343 g/mol. The molecule has 2 fully saturated rings. The second-order valence-electron chi connectivity index (χ2n) is 7.63. The fraction of sp³-hybridized carbons (Fsp3) is 0.667. The molecule has 0 saturated carbocycles. The maximum atomic E-state index is 13.0. The van der Waals surface area contributed by atoms with Crippen LogP contribution in [0, 0.1) is 0 Å². The zero-order valence-corrected chi connectivity index (χ0v) is 15.8. The number of carbonyl (C=O) groups is 1. The quantitative estimate of drug-likeness (QED) is 0.788. The van der Waals surface area contributed by atoms with Crippen molar-refractivity contribution in [1.29, 1.82) is 0 Å². The molecule has 0 radical (unpaired) electrons. The molecule has 2 heterocycles. The summed E-state index contributed by atoms with van der Waals surface area (Å²) in [5, 5.41) is 3.72. The molecule has 2 aliphatic rings. The first-order valence-corrected chi connectivity index (χ1v) is 10.0. The lowest BCUT2D eigenvalue weighted by Gasteiger charge is -2.38. The van der Waals surface area contributed by atoms with Crippen LogP contribution in [0.5, 0.6) is 0 Å². The van der Waals surface area contributed by atoms with Gasteiger partial charge in [-0.2, -0.15) is 0 Å². The maximum Gasteiger partial charge on any atom is 0.237 e. The number of nitrogens with zero attached hydrogens (tertiary/aromatic N) is 2. The van der Waals surface area contributed by atoms with Crippen LogP contribution in [0.1, 0.15) is 51.5 Å². The zero-order chi connectivity index (χ0) is 17.6. The highest BCUT2D eigenvalue weighted by molar-refractivity contribution is 5.78. The highest BCUT2D eigenvalue weighted by Crippen LogP contribution is 2.29. The fourth-order valence-corrected chi connectivity index (χ4v) is 4.46. The van der Waals surface area contributed by atoms with Gasteiger partial charge in [-0.15, -0.1) is 0 Å². The summed E-state index contributed by atoms with van der Waals surface area (Å²) in [6.07, 6.45) is 6.13. The summed E-state index contributed by atoms with van der Waals surface area (Å²) >= 11 is 0. The molecule has 4 heteroatoms. The van der Waals surface area contributed by atoms with E-state index in [9.17, 15) is 4.79 Å². The Labute approximate surface area is 152 Å². The molecule has 1 amide bonds. The summed E-state index contributed by atoms with van der Waals surface area (Å²) in [7, 11) is 0. The van der Waals surface area contributed by atoms with Gasteiger partial charge in [0.25, 0.3) is 0 Å². The van der Waals surface area contributed by atoms with Crippen LogP contribution < -0.4 is 5.32 Å². The van der Waals surface area contributed by atoms with E-state index >= 15 is 0 Å². The molecule has 3 rings (SSSR count). The van der Waals surface area contributed by atoms with Gasteiger partial charge in [-0.1, -0.05) is 37.3 Å². The number of carbonyl (C=O) groups excluding carboxylic acids is 1. The fourth-order valence-electron chi connectivity index (χ4n) is 4.46. The molecule has 1 N–H and O–H groups in total. The summed E-state index contributed by atoms with van der Waals surface area (Å²) in [6.45, 7) is 7.38. The Hall–Kier alpha value is -1.39. The standard InChI is InChI=1S/C21H33N3O/c1-3-12-24(20-13-18-10-11-19(14-20)22-18)16-21(25)23(4-2)15-17-8-6-5-7-9-17/h5-9,18-20,22H,3-4,10-16H2,1-2H3. The van der Waals surface area contributed by atoms with Crippen molar-refractivity contribution in [3.05, 3.63) is 35.9 Å². The lowest BCUT2D eigenvalue weighted by molar-refractivity contribution is -0.133. The number of fused-ring (bicyclic) bond motifs is 2. The van der Waals surface area contributed by atoms with Gasteiger partial charge in [0, 0.05) is 31.2 Å². The average Bonchev–Trinajstić information content (AvgIpc) is 2.97. The van der Waals surface area contributed by atoms with Crippen molar-refractivity contribution in [2.24, 2.45) is 0 Å². The van der Waals surface area contributed by atoms with Gasteiger partial charge in [-0.3, -0.25) is 9.69 Å². The van der Waals surface area contributed by atoms with Crippen LogP contribution in [-0.2, 0) is 11.3 Å². The Morgan fingerprint density at radius 3 is 2.40 bits per heavy atom. The first-order valence-electron chi connectivity index (χ1n) is 10.0. The molecule has 2 atom stereocenters. The second-order valence-corrected chi connectivity index (χ2v) is 7.63. The van der Waals surface area contributed by atoms with Crippen LogP contribution in [0.25, 0.3) is 0 Å². The summed E-state index contributed by atoms with van der Waals surface area (Å²) in [6, 6.07) is 12.2. The van der Waals surface area contributed by atoms with Crippen molar-refractivity contribution < 1.29 is 4.79 Å². The van der Waals surface area contributed by atoms with E-state index in [0.717, 1.165) is 19.5 Å². The van der Waals surface area contributed by atoms with Crippen molar-refractivity contribution in [3.63, 3.8) is 0 Å². The maximum absolute atomic E-state index is 13.0. The zero-order valence-electron chi connectivity index (χ0n) is 15.8. The number of rotatable bonds is 8. The Balaban J connectivity index is 1.61. The molecule has 25 heavy (non-hydrogen) atoms. The van der Waals surface area contributed by atoms with E-state index in [-0.39, 0.29) is 5.91 Å². The Kier molecular flexibility index (Phi) is 6.49. The number of piperidine rings is 1. The lowest BCUT2D eigenvalue weighted by Crippen LogP contribution is -2.51. The molecule has 0 spiro atoms. The van der Waals surface area contributed by atoms with Gasteiger partial charge in [0.1, 0.15) is 0 Å². The van der Waals surface area contributed by atoms with E-state index in [1.165, 1.54) is 31.2 Å². The molecule has 1 aromatic carbocycles. The predicted octanol–water partition coefficient (Wildman–Crippen LogP) is 3.03.